The van der Waals surface area contributed by atoms with E-state index in [1.807, 2.05) is 33.8 Å². The maximum absolute atomic E-state index is 12.1. The number of hydrogen-bond acceptors (Lipinski definition) is 5. The molecule has 1 aliphatic rings. The molecule has 2 aromatic heterocycles. The predicted molar refractivity (Wildman–Crippen MR) is 87.1 cm³/mol. The van der Waals surface area contributed by atoms with E-state index in [2.05, 4.69) is 10.1 Å². The molecule has 3 rings (SSSR count). The minimum atomic E-state index is -0.465. The number of aromatic nitrogens is 4. The number of rotatable bonds is 2. The minimum absolute atomic E-state index is 0.224. The average Bonchev–Trinajstić information content (AvgIpc) is 2.83. The zero-order valence-corrected chi connectivity index (χ0v) is 14.3. The van der Waals surface area contributed by atoms with Crippen LogP contribution in [0.2, 0.25) is 0 Å². The molecule has 0 saturated carbocycles. The van der Waals surface area contributed by atoms with Crippen molar-refractivity contribution in [2.24, 2.45) is 7.05 Å². The maximum atomic E-state index is 12.1. The van der Waals surface area contributed by atoms with Gasteiger partial charge in [0.25, 0.3) is 0 Å². The molecule has 1 saturated heterocycles. The molecule has 1 fully saturated rings. The molecular formula is C15H21BN4O3. The van der Waals surface area contributed by atoms with Gasteiger partial charge in [-0.2, -0.15) is 5.10 Å². The van der Waals surface area contributed by atoms with E-state index in [9.17, 15) is 4.79 Å². The predicted octanol–water partition coefficient (Wildman–Crippen LogP) is 0.574. The highest BCUT2D eigenvalue weighted by atomic mass is 16.7. The highest BCUT2D eigenvalue weighted by Gasteiger charge is 2.51. The highest BCUT2D eigenvalue weighted by Crippen LogP contribution is 2.36. The van der Waals surface area contributed by atoms with Gasteiger partial charge in [0.05, 0.1) is 11.2 Å². The van der Waals surface area contributed by atoms with Gasteiger partial charge in [0.15, 0.2) is 0 Å². The smallest absolute Gasteiger partial charge is 0.399 e. The van der Waals surface area contributed by atoms with Crippen LogP contribution in [0, 0.1) is 6.92 Å². The van der Waals surface area contributed by atoms with E-state index in [-0.39, 0.29) is 5.69 Å². The van der Waals surface area contributed by atoms with Crippen LogP contribution in [0.5, 0.6) is 0 Å². The van der Waals surface area contributed by atoms with Crippen molar-refractivity contribution in [2.75, 3.05) is 0 Å². The minimum Gasteiger partial charge on any atom is -0.399 e. The summed E-state index contributed by atoms with van der Waals surface area (Å²) in [6.45, 7) is 9.80. The lowest BCUT2D eigenvalue weighted by Crippen LogP contribution is -2.41. The first-order chi connectivity index (χ1) is 10.6. The van der Waals surface area contributed by atoms with E-state index < -0.39 is 18.3 Å². The third kappa shape index (κ3) is 2.51. The molecule has 0 bridgehead atoms. The molecule has 0 spiro atoms. The van der Waals surface area contributed by atoms with Gasteiger partial charge in [-0.1, -0.05) is 6.07 Å². The van der Waals surface area contributed by atoms with E-state index in [0.29, 0.717) is 11.6 Å². The van der Waals surface area contributed by atoms with Crippen molar-refractivity contribution < 1.29 is 9.31 Å². The lowest BCUT2D eigenvalue weighted by molar-refractivity contribution is 0.00578. The number of hydrogen-bond donors (Lipinski definition) is 0. The van der Waals surface area contributed by atoms with Gasteiger partial charge in [-0.25, -0.2) is 19.0 Å². The molecule has 8 heteroatoms. The van der Waals surface area contributed by atoms with Crippen LogP contribution in [0.4, 0.5) is 0 Å². The van der Waals surface area contributed by atoms with Gasteiger partial charge in [-0.3, -0.25) is 0 Å². The molecule has 0 N–H and O–H groups in total. The lowest BCUT2D eigenvalue weighted by atomic mass is 9.80. The van der Waals surface area contributed by atoms with E-state index in [0.717, 1.165) is 5.46 Å². The Morgan fingerprint density at radius 2 is 1.74 bits per heavy atom. The SMILES string of the molecule is Cc1nn(C)c(=O)n1-c1ccc(B2OC(C)(C)C(C)(C)O2)cn1. The average molecular weight is 316 g/mol. The Morgan fingerprint density at radius 1 is 1.13 bits per heavy atom. The van der Waals surface area contributed by atoms with Crippen molar-refractivity contribution in [3.63, 3.8) is 0 Å². The zero-order chi connectivity index (χ0) is 17.0. The van der Waals surface area contributed by atoms with Crippen LogP contribution in [0.15, 0.2) is 23.1 Å². The van der Waals surface area contributed by atoms with Gasteiger partial charge in [0.1, 0.15) is 11.6 Å². The van der Waals surface area contributed by atoms with Gasteiger partial charge in [-0.05, 0) is 40.7 Å². The Morgan fingerprint density at radius 3 is 2.17 bits per heavy atom. The maximum Gasteiger partial charge on any atom is 0.496 e. The fourth-order valence-corrected chi connectivity index (χ4v) is 2.50. The first kappa shape index (κ1) is 16.0. The van der Waals surface area contributed by atoms with E-state index in [1.165, 1.54) is 9.25 Å². The molecule has 0 aromatic carbocycles. The van der Waals surface area contributed by atoms with Crippen LogP contribution in [0.25, 0.3) is 5.82 Å². The number of aryl methyl sites for hydroxylation is 2. The molecule has 0 amide bonds. The second-order valence-corrected chi connectivity index (χ2v) is 6.83. The Kier molecular flexibility index (Phi) is 3.49. The molecule has 7 nitrogen and oxygen atoms in total. The molecule has 122 valence electrons. The van der Waals surface area contributed by atoms with Crippen molar-refractivity contribution in [2.45, 2.75) is 45.8 Å². The molecular weight excluding hydrogens is 295 g/mol. The standard InChI is InChI=1S/C15H21BN4O3/c1-10-18-19(6)13(21)20(10)12-8-7-11(9-17-12)16-22-14(2,3)15(4,5)23-16/h7-9H,1-6H3. The third-order valence-electron chi connectivity index (χ3n) is 4.61. The monoisotopic (exact) mass is 316 g/mol. The van der Waals surface area contributed by atoms with Crippen LogP contribution >= 0.6 is 0 Å². The van der Waals surface area contributed by atoms with E-state index in [1.54, 1.807) is 26.2 Å². The molecule has 23 heavy (non-hydrogen) atoms. The number of nitrogens with zero attached hydrogens (tertiary/aromatic N) is 4. The van der Waals surface area contributed by atoms with Gasteiger partial charge < -0.3 is 9.31 Å². The molecule has 0 aliphatic carbocycles. The second kappa shape index (κ2) is 5.04. The molecule has 3 heterocycles. The summed E-state index contributed by atoms with van der Waals surface area (Å²) in [5.74, 6) is 1.12. The summed E-state index contributed by atoms with van der Waals surface area (Å²) in [5.41, 5.74) is -0.194. The topological polar surface area (TPSA) is 71.2 Å². The Hall–Kier alpha value is -1.93. The Balaban J connectivity index is 1.91. The van der Waals surface area contributed by atoms with Gasteiger partial charge in [0.2, 0.25) is 0 Å². The summed E-state index contributed by atoms with van der Waals surface area (Å²) in [7, 11) is 1.15. The fraction of sp³-hybridized carbons (Fsp3) is 0.533. The highest BCUT2D eigenvalue weighted by molar-refractivity contribution is 6.62. The molecule has 0 radical (unpaired) electrons. The number of pyridine rings is 1. The summed E-state index contributed by atoms with van der Waals surface area (Å²) < 4.78 is 14.8. The van der Waals surface area contributed by atoms with Crippen LogP contribution in [0.1, 0.15) is 33.5 Å². The van der Waals surface area contributed by atoms with Crippen LogP contribution < -0.4 is 11.2 Å². The molecule has 2 aromatic rings. The van der Waals surface area contributed by atoms with Gasteiger partial charge in [-0.15, -0.1) is 0 Å². The summed E-state index contributed by atoms with van der Waals surface area (Å²) in [6.07, 6.45) is 1.68. The van der Waals surface area contributed by atoms with Gasteiger partial charge in [0, 0.05) is 18.7 Å². The third-order valence-corrected chi connectivity index (χ3v) is 4.61. The summed E-state index contributed by atoms with van der Waals surface area (Å²) >= 11 is 0. The zero-order valence-electron chi connectivity index (χ0n) is 14.3. The summed E-state index contributed by atoms with van der Waals surface area (Å²) in [6, 6.07) is 3.64. The van der Waals surface area contributed by atoms with E-state index in [4.69, 9.17) is 9.31 Å². The van der Waals surface area contributed by atoms with Crippen molar-refractivity contribution >= 4 is 12.6 Å². The van der Waals surface area contributed by atoms with Crippen molar-refractivity contribution in [1.29, 1.82) is 0 Å². The largest absolute Gasteiger partial charge is 0.496 e. The van der Waals surface area contributed by atoms with Crippen LogP contribution in [-0.2, 0) is 16.4 Å². The normalized spacial score (nSPS) is 19.3. The van der Waals surface area contributed by atoms with Crippen LogP contribution in [-0.4, -0.2) is 37.7 Å². The van der Waals surface area contributed by atoms with Crippen molar-refractivity contribution in [1.82, 2.24) is 19.3 Å². The van der Waals surface area contributed by atoms with Gasteiger partial charge >= 0.3 is 12.8 Å². The van der Waals surface area contributed by atoms with Crippen molar-refractivity contribution in [3.05, 3.63) is 34.6 Å². The fourth-order valence-electron chi connectivity index (χ4n) is 2.50. The van der Waals surface area contributed by atoms with E-state index >= 15 is 0 Å². The molecule has 0 unspecified atom stereocenters. The Bertz CT molecular complexity index is 776. The first-order valence-electron chi connectivity index (χ1n) is 7.57. The van der Waals surface area contributed by atoms with Crippen LogP contribution in [0.3, 0.4) is 0 Å². The quantitative estimate of drug-likeness (QED) is 0.758. The summed E-state index contributed by atoms with van der Waals surface area (Å²) in [4.78, 5) is 16.4. The lowest BCUT2D eigenvalue weighted by Gasteiger charge is -2.32. The molecule has 1 aliphatic heterocycles. The Labute approximate surface area is 135 Å². The second-order valence-electron chi connectivity index (χ2n) is 6.83. The van der Waals surface area contributed by atoms with Crippen molar-refractivity contribution in [3.8, 4) is 5.82 Å². The first-order valence-corrected chi connectivity index (χ1v) is 7.57. The summed E-state index contributed by atoms with van der Waals surface area (Å²) in [5, 5.41) is 4.10. The molecule has 0 atom stereocenters.